The Hall–Kier alpha value is -3.36. The van der Waals surface area contributed by atoms with Gasteiger partial charge in [0.15, 0.2) is 0 Å². The lowest BCUT2D eigenvalue weighted by atomic mass is 9.89. The highest BCUT2D eigenvalue weighted by molar-refractivity contribution is 5.99. The summed E-state index contributed by atoms with van der Waals surface area (Å²) >= 11 is 0. The largest absolute Gasteiger partial charge is 0.416 e. The molecule has 2 fully saturated rings. The van der Waals surface area contributed by atoms with Gasteiger partial charge in [-0.05, 0) is 55.9 Å². The summed E-state index contributed by atoms with van der Waals surface area (Å²) in [5, 5.41) is 8.02. The van der Waals surface area contributed by atoms with E-state index in [1.807, 2.05) is 22.9 Å². The number of carbonyl (C=O) groups excluding carboxylic acids is 1. The Morgan fingerprint density at radius 3 is 2.56 bits per heavy atom. The first-order valence-electron chi connectivity index (χ1n) is 12.1. The Kier molecular flexibility index (Phi) is 4.85. The van der Waals surface area contributed by atoms with E-state index in [1.165, 1.54) is 6.07 Å². The lowest BCUT2D eigenvalue weighted by molar-refractivity contribution is -0.137. The molecule has 3 heterocycles. The van der Waals surface area contributed by atoms with Crippen molar-refractivity contribution in [3.8, 4) is 0 Å². The Morgan fingerprint density at radius 2 is 1.86 bits per heavy atom. The zero-order valence-corrected chi connectivity index (χ0v) is 19.9. The zero-order valence-electron chi connectivity index (χ0n) is 19.9. The molecule has 3 aromatic rings. The fourth-order valence-corrected chi connectivity index (χ4v) is 6.11. The molecule has 1 saturated heterocycles. The molecule has 1 saturated carbocycles. The van der Waals surface area contributed by atoms with Crippen LogP contribution in [0.5, 0.6) is 0 Å². The van der Waals surface area contributed by atoms with Crippen LogP contribution < -0.4 is 5.32 Å². The average molecular weight is 499 g/mol. The number of carbonyl (C=O) groups is 1. The number of anilines is 1. The molecule has 3 unspecified atom stereocenters. The lowest BCUT2D eigenvalue weighted by Crippen LogP contribution is -2.39. The van der Waals surface area contributed by atoms with Gasteiger partial charge < -0.3 is 10.2 Å². The predicted octanol–water partition coefficient (Wildman–Crippen LogP) is 5.75. The number of fused-ring (bicyclic) bond motifs is 2. The minimum Gasteiger partial charge on any atom is -0.363 e. The van der Waals surface area contributed by atoms with Crippen LogP contribution in [0, 0.1) is 11.7 Å². The molecule has 0 radical (unpaired) electrons. The second-order valence-electron chi connectivity index (χ2n) is 10.9. The molecule has 9 heteroatoms. The third kappa shape index (κ3) is 3.50. The van der Waals surface area contributed by atoms with Gasteiger partial charge >= 0.3 is 6.18 Å². The number of amides is 1. The van der Waals surface area contributed by atoms with Gasteiger partial charge in [0.2, 0.25) is 0 Å². The molecule has 5 nitrogen and oxygen atoms in total. The zero-order chi connectivity index (χ0) is 25.5. The summed E-state index contributed by atoms with van der Waals surface area (Å²) in [5.74, 6) is -0.383. The van der Waals surface area contributed by atoms with Crippen LogP contribution in [0.2, 0.25) is 0 Å². The van der Waals surface area contributed by atoms with Crippen LogP contribution >= 0.6 is 0 Å². The first kappa shape index (κ1) is 23.1. The van der Waals surface area contributed by atoms with Crippen molar-refractivity contribution in [2.45, 2.75) is 49.9 Å². The molecule has 6 rings (SSSR count). The number of piperidine rings is 1. The molecule has 188 valence electrons. The van der Waals surface area contributed by atoms with Gasteiger partial charge in [0.25, 0.3) is 5.91 Å². The molecular weight excluding hydrogens is 472 g/mol. The maximum absolute atomic E-state index is 14.8. The third-order valence-corrected chi connectivity index (χ3v) is 8.06. The number of nitrogens with zero attached hydrogens (tertiary/aromatic N) is 3. The van der Waals surface area contributed by atoms with E-state index in [-0.39, 0.29) is 35.5 Å². The van der Waals surface area contributed by atoms with E-state index in [0.717, 1.165) is 18.1 Å². The number of halogens is 4. The van der Waals surface area contributed by atoms with Crippen molar-refractivity contribution in [2.24, 2.45) is 5.92 Å². The molecular formula is C27H26F4N4O. The first-order valence-corrected chi connectivity index (χ1v) is 12.1. The van der Waals surface area contributed by atoms with E-state index in [9.17, 15) is 22.4 Å². The van der Waals surface area contributed by atoms with Crippen molar-refractivity contribution >= 4 is 11.7 Å². The van der Waals surface area contributed by atoms with Gasteiger partial charge in [-0.25, -0.2) is 9.07 Å². The standard InChI is InChI=1S/C27H26F4N4O/c1-25(2)12-22(16-6-4-3-5-7-16)33-23-19(13-32-35(23)25)24(36)34-14-18-11-26(18,15-34)20-9-8-17(10-21(20)28)27(29,30)31/h3-10,13,18,22,33H,11-12,14-15H2,1-2H3. The number of hydrogen-bond donors (Lipinski definition) is 1. The molecule has 2 aromatic carbocycles. The Balaban J connectivity index is 1.27. The van der Waals surface area contributed by atoms with Gasteiger partial charge in [-0.3, -0.25) is 4.79 Å². The van der Waals surface area contributed by atoms with Crippen molar-refractivity contribution in [3.05, 3.63) is 82.8 Å². The van der Waals surface area contributed by atoms with Crippen molar-refractivity contribution in [1.29, 1.82) is 0 Å². The molecule has 1 N–H and O–H groups in total. The van der Waals surface area contributed by atoms with E-state index in [0.29, 0.717) is 30.4 Å². The fraction of sp³-hybridized carbons (Fsp3) is 0.407. The number of alkyl halides is 3. The van der Waals surface area contributed by atoms with E-state index in [4.69, 9.17) is 0 Å². The summed E-state index contributed by atoms with van der Waals surface area (Å²) in [5.41, 5.74) is -0.121. The quantitative estimate of drug-likeness (QED) is 0.468. The number of aromatic nitrogens is 2. The number of likely N-dealkylation sites (tertiary alicyclic amines) is 1. The summed E-state index contributed by atoms with van der Waals surface area (Å²) in [6.07, 6.45) is -1.57. The molecule has 1 amide bonds. The van der Waals surface area contributed by atoms with Crippen LogP contribution in [0.25, 0.3) is 0 Å². The van der Waals surface area contributed by atoms with E-state index >= 15 is 0 Å². The number of rotatable bonds is 3. The van der Waals surface area contributed by atoms with Crippen molar-refractivity contribution in [3.63, 3.8) is 0 Å². The Morgan fingerprint density at radius 1 is 1.11 bits per heavy atom. The molecule has 0 spiro atoms. The fourth-order valence-electron chi connectivity index (χ4n) is 6.11. The number of nitrogens with one attached hydrogen (secondary N) is 1. The predicted molar refractivity (Wildman–Crippen MR) is 126 cm³/mol. The number of hydrogen-bond acceptors (Lipinski definition) is 3. The van der Waals surface area contributed by atoms with Crippen LogP contribution in [-0.2, 0) is 17.1 Å². The summed E-state index contributed by atoms with van der Waals surface area (Å²) in [7, 11) is 0. The molecule has 1 aromatic heterocycles. The lowest BCUT2D eigenvalue weighted by Gasteiger charge is -2.38. The van der Waals surface area contributed by atoms with Crippen molar-refractivity contribution < 1.29 is 22.4 Å². The highest BCUT2D eigenvalue weighted by Gasteiger charge is 2.63. The van der Waals surface area contributed by atoms with Gasteiger partial charge in [-0.15, -0.1) is 0 Å². The van der Waals surface area contributed by atoms with E-state index in [1.54, 1.807) is 11.1 Å². The second-order valence-corrected chi connectivity index (χ2v) is 10.9. The maximum atomic E-state index is 14.8. The SMILES string of the molecule is CC1(C)CC(c2ccccc2)Nc2c(C(=O)N3CC4CC4(c4ccc(C(F)(F)F)cc4F)C3)cnn21. The van der Waals surface area contributed by atoms with E-state index < -0.39 is 23.0 Å². The molecule has 3 atom stereocenters. The molecule has 2 aliphatic heterocycles. The average Bonchev–Trinajstić information content (AvgIpc) is 3.15. The van der Waals surface area contributed by atoms with Gasteiger partial charge in [-0.1, -0.05) is 36.4 Å². The van der Waals surface area contributed by atoms with Crippen molar-refractivity contribution in [1.82, 2.24) is 14.7 Å². The van der Waals surface area contributed by atoms with E-state index in [2.05, 4.69) is 36.4 Å². The van der Waals surface area contributed by atoms with Crippen LogP contribution in [0.1, 0.15) is 59.8 Å². The summed E-state index contributed by atoms with van der Waals surface area (Å²) < 4.78 is 55.7. The summed E-state index contributed by atoms with van der Waals surface area (Å²) in [4.78, 5) is 15.3. The summed E-state index contributed by atoms with van der Waals surface area (Å²) in [6.45, 7) is 4.88. The first-order chi connectivity index (χ1) is 17.0. The van der Waals surface area contributed by atoms with Crippen LogP contribution in [-0.4, -0.2) is 33.7 Å². The maximum Gasteiger partial charge on any atom is 0.416 e. The van der Waals surface area contributed by atoms with Crippen molar-refractivity contribution in [2.75, 3.05) is 18.4 Å². The molecule has 1 aliphatic carbocycles. The van der Waals surface area contributed by atoms with Gasteiger partial charge in [0.05, 0.1) is 23.3 Å². The van der Waals surface area contributed by atoms with Gasteiger partial charge in [0, 0.05) is 18.5 Å². The molecule has 36 heavy (non-hydrogen) atoms. The molecule has 0 bridgehead atoms. The third-order valence-electron chi connectivity index (χ3n) is 8.06. The highest BCUT2D eigenvalue weighted by atomic mass is 19.4. The smallest absolute Gasteiger partial charge is 0.363 e. The monoisotopic (exact) mass is 498 g/mol. The van der Waals surface area contributed by atoms with Crippen LogP contribution in [0.4, 0.5) is 23.4 Å². The van der Waals surface area contributed by atoms with Crippen LogP contribution in [0.15, 0.2) is 54.7 Å². The minimum atomic E-state index is -4.60. The Bertz CT molecular complexity index is 1350. The van der Waals surface area contributed by atoms with Gasteiger partial charge in [-0.2, -0.15) is 18.3 Å². The molecule has 3 aliphatic rings. The minimum absolute atomic E-state index is 0.0107. The number of benzene rings is 2. The van der Waals surface area contributed by atoms with Crippen LogP contribution in [0.3, 0.4) is 0 Å². The normalized spacial score (nSPS) is 26.2. The highest BCUT2D eigenvalue weighted by Crippen LogP contribution is 2.60. The topological polar surface area (TPSA) is 50.2 Å². The summed E-state index contributed by atoms with van der Waals surface area (Å²) in [6, 6.07) is 12.8. The second kappa shape index (κ2) is 7.57. The Labute approximate surface area is 206 Å². The van der Waals surface area contributed by atoms with Gasteiger partial charge in [0.1, 0.15) is 17.2 Å².